The van der Waals surface area contributed by atoms with Gasteiger partial charge >= 0.3 is 0 Å². The van der Waals surface area contributed by atoms with Crippen molar-refractivity contribution >= 4 is 11.7 Å². The fourth-order valence-corrected chi connectivity index (χ4v) is 1.98. The molecule has 0 radical (unpaired) electrons. The van der Waals surface area contributed by atoms with Crippen molar-refractivity contribution in [1.82, 2.24) is 4.90 Å². The highest BCUT2D eigenvalue weighted by molar-refractivity contribution is 6.05. The zero-order chi connectivity index (χ0) is 11.4. The summed E-state index contributed by atoms with van der Waals surface area (Å²) >= 11 is 0. The van der Waals surface area contributed by atoms with Gasteiger partial charge in [0, 0.05) is 6.04 Å². The molecule has 3 heteroatoms. The molecule has 0 aromatic carbocycles. The van der Waals surface area contributed by atoms with E-state index in [-0.39, 0.29) is 24.2 Å². The number of carbonyl (C=O) groups is 2. The molecule has 0 bridgehead atoms. The van der Waals surface area contributed by atoms with Gasteiger partial charge in [0.05, 0.1) is 13.0 Å². The smallest absolute Gasteiger partial charge is 0.230 e. The predicted molar refractivity (Wildman–Crippen MR) is 59.5 cm³/mol. The van der Waals surface area contributed by atoms with Crippen LogP contribution in [0.2, 0.25) is 0 Å². The number of amides is 1. The largest absolute Gasteiger partial charge is 0.332 e. The van der Waals surface area contributed by atoms with Crippen LogP contribution in [-0.4, -0.2) is 29.2 Å². The molecule has 1 atom stereocenters. The fraction of sp³-hybridized carbons (Fsp3) is 0.833. The zero-order valence-corrected chi connectivity index (χ0v) is 9.95. The maximum atomic E-state index is 11.4. The monoisotopic (exact) mass is 211 g/mol. The minimum Gasteiger partial charge on any atom is -0.332 e. The Morgan fingerprint density at radius 3 is 2.33 bits per heavy atom. The lowest BCUT2D eigenvalue weighted by atomic mass is 10.0. The highest BCUT2D eigenvalue weighted by atomic mass is 16.2. The maximum absolute atomic E-state index is 11.4. The van der Waals surface area contributed by atoms with Crippen LogP contribution in [0.4, 0.5) is 0 Å². The van der Waals surface area contributed by atoms with Gasteiger partial charge < -0.3 is 4.90 Å². The van der Waals surface area contributed by atoms with Gasteiger partial charge in [-0.2, -0.15) is 0 Å². The van der Waals surface area contributed by atoms with Gasteiger partial charge in [-0.25, -0.2) is 0 Å². The minimum atomic E-state index is 0.0112. The Morgan fingerprint density at radius 2 is 1.87 bits per heavy atom. The van der Waals surface area contributed by atoms with Crippen LogP contribution in [0.5, 0.6) is 0 Å². The lowest BCUT2D eigenvalue weighted by molar-refractivity contribution is -0.129. The number of rotatable bonds is 5. The lowest BCUT2D eigenvalue weighted by Crippen LogP contribution is -2.34. The van der Waals surface area contributed by atoms with Gasteiger partial charge in [-0.1, -0.05) is 26.7 Å². The van der Waals surface area contributed by atoms with Crippen molar-refractivity contribution in [1.29, 1.82) is 0 Å². The summed E-state index contributed by atoms with van der Waals surface area (Å²) in [6.07, 6.45) is 3.46. The van der Waals surface area contributed by atoms with E-state index in [2.05, 4.69) is 13.8 Å². The fourth-order valence-electron chi connectivity index (χ4n) is 1.98. The molecular weight excluding hydrogens is 190 g/mol. The Kier molecular flexibility index (Phi) is 4.30. The molecule has 1 heterocycles. The Labute approximate surface area is 91.8 Å². The second-order valence-electron chi connectivity index (χ2n) is 4.91. The number of hydrogen-bond donors (Lipinski definition) is 0. The summed E-state index contributed by atoms with van der Waals surface area (Å²) in [5.74, 6) is 0.792. The topological polar surface area (TPSA) is 37.4 Å². The van der Waals surface area contributed by atoms with E-state index in [0.29, 0.717) is 12.5 Å². The van der Waals surface area contributed by atoms with Crippen molar-refractivity contribution in [2.45, 2.75) is 52.5 Å². The third-order valence-corrected chi connectivity index (χ3v) is 2.95. The van der Waals surface area contributed by atoms with E-state index in [9.17, 15) is 9.59 Å². The molecule has 1 rings (SSSR count). The molecule has 1 aliphatic heterocycles. The van der Waals surface area contributed by atoms with E-state index in [4.69, 9.17) is 0 Å². The van der Waals surface area contributed by atoms with Gasteiger partial charge in [-0.05, 0) is 19.3 Å². The molecule has 1 fully saturated rings. The van der Waals surface area contributed by atoms with Gasteiger partial charge in [-0.3, -0.25) is 9.59 Å². The third-order valence-electron chi connectivity index (χ3n) is 2.95. The molecular formula is C12H21NO2. The first-order chi connectivity index (χ1) is 7.00. The Hall–Kier alpha value is -0.860. The summed E-state index contributed by atoms with van der Waals surface area (Å²) in [6.45, 7) is 6.78. The van der Waals surface area contributed by atoms with Crippen LogP contribution in [-0.2, 0) is 9.59 Å². The molecule has 1 aliphatic rings. The van der Waals surface area contributed by atoms with Gasteiger partial charge in [-0.15, -0.1) is 0 Å². The van der Waals surface area contributed by atoms with Crippen LogP contribution < -0.4 is 0 Å². The zero-order valence-electron chi connectivity index (χ0n) is 9.95. The first-order valence-corrected chi connectivity index (χ1v) is 5.82. The molecule has 0 spiro atoms. The second-order valence-corrected chi connectivity index (χ2v) is 4.91. The van der Waals surface area contributed by atoms with Gasteiger partial charge in [0.1, 0.15) is 0 Å². The van der Waals surface area contributed by atoms with E-state index in [1.807, 2.05) is 6.92 Å². The highest BCUT2D eigenvalue weighted by Crippen LogP contribution is 2.16. The van der Waals surface area contributed by atoms with Crippen LogP contribution in [0.25, 0.3) is 0 Å². The Balaban J connectivity index is 2.30. The van der Waals surface area contributed by atoms with Crippen molar-refractivity contribution in [3.63, 3.8) is 0 Å². The van der Waals surface area contributed by atoms with Crippen molar-refractivity contribution < 1.29 is 9.59 Å². The van der Waals surface area contributed by atoms with E-state index >= 15 is 0 Å². The third kappa shape index (κ3) is 3.65. The number of likely N-dealkylation sites (tertiary alicyclic amines) is 1. The molecule has 3 nitrogen and oxygen atoms in total. The molecule has 1 saturated heterocycles. The van der Waals surface area contributed by atoms with Crippen molar-refractivity contribution in [3.05, 3.63) is 0 Å². The summed E-state index contributed by atoms with van der Waals surface area (Å²) in [6, 6.07) is 0.225. The first-order valence-electron chi connectivity index (χ1n) is 5.82. The van der Waals surface area contributed by atoms with E-state index in [1.165, 1.54) is 6.42 Å². The predicted octanol–water partition coefficient (Wildman–Crippen LogP) is 2.00. The summed E-state index contributed by atoms with van der Waals surface area (Å²) in [5, 5.41) is 0. The number of Topliss-reactive ketones (excluding diaryl/α,β-unsaturated/α-hetero) is 1. The lowest BCUT2D eigenvalue weighted by Gasteiger charge is -2.23. The number of nitrogens with zero attached hydrogens (tertiary/aromatic N) is 1. The number of hydrogen-bond acceptors (Lipinski definition) is 2. The second kappa shape index (κ2) is 5.29. The Bertz CT molecular complexity index is 248. The van der Waals surface area contributed by atoms with Crippen molar-refractivity contribution in [3.8, 4) is 0 Å². The van der Waals surface area contributed by atoms with E-state index in [1.54, 1.807) is 4.90 Å². The molecule has 15 heavy (non-hydrogen) atoms. The van der Waals surface area contributed by atoms with Crippen molar-refractivity contribution in [2.24, 2.45) is 5.92 Å². The summed E-state index contributed by atoms with van der Waals surface area (Å²) < 4.78 is 0. The molecule has 0 aromatic heterocycles. The standard InChI is InChI=1S/C12H21NO2/c1-9(2)5-4-6-10(3)13-8-11(14)7-12(13)15/h9-10H,4-8H2,1-3H3. The number of carbonyl (C=O) groups excluding carboxylic acids is 2. The Morgan fingerprint density at radius 1 is 1.20 bits per heavy atom. The average molecular weight is 211 g/mol. The molecule has 1 amide bonds. The molecule has 0 aromatic rings. The summed E-state index contributed by atoms with van der Waals surface area (Å²) in [7, 11) is 0. The average Bonchev–Trinajstić information content (AvgIpc) is 2.44. The molecule has 1 unspecified atom stereocenters. The molecule has 0 saturated carbocycles. The summed E-state index contributed by atoms with van der Waals surface area (Å²) in [4.78, 5) is 24.2. The molecule has 0 aliphatic carbocycles. The SMILES string of the molecule is CC(C)CCCC(C)N1CC(=O)CC1=O. The van der Waals surface area contributed by atoms with Crippen LogP contribution in [0.1, 0.15) is 46.5 Å². The van der Waals surface area contributed by atoms with Crippen LogP contribution in [0.3, 0.4) is 0 Å². The van der Waals surface area contributed by atoms with Crippen LogP contribution in [0, 0.1) is 5.92 Å². The minimum absolute atomic E-state index is 0.0112. The highest BCUT2D eigenvalue weighted by Gasteiger charge is 2.30. The number of ketones is 1. The van der Waals surface area contributed by atoms with Crippen LogP contribution in [0.15, 0.2) is 0 Å². The van der Waals surface area contributed by atoms with Crippen LogP contribution >= 0.6 is 0 Å². The quantitative estimate of drug-likeness (QED) is 0.652. The van der Waals surface area contributed by atoms with Gasteiger partial charge in [0.2, 0.25) is 5.91 Å². The summed E-state index contributed by atoms with van der Waals surface area (Å²) in [5.41, 5.74) is 0. The molecule has 0 N–H and O–H groups in total. The van der Waals surface area contributed by atoms with Gasteiger partial charge in [0.15, 0.2) is 5.78 Å². The van der Waals surface area contributed by atoms with Gasteiger partial charge in [0.25, 0.3) is 0 Å². The molecule has 86 valence electrons. The normalized spacial score (nSPS) is 19.1. The van der Waals surface area contributed by atoms with E-state index < -0.39 is 0 Å². The first kappa shape index (κ1) is 12.2. The van der Waals surface area contributed by atoms with E-state index in [0.717, 1.165) is 12.8 Å². The maximum Gasteiger partial charge on any atom is 0.230 e. The van der Waals surface area contributed by atoms with Crippen molar-refractivity contribution in [2.75, 3.05) is 6.54 Å².